The van der Waals surface area contributed by atoms with E-state index in [0.29, 0.717) is 112 Å². The van der Waals surface area contributed by atoms with Gasteiger partial charge in [0.2, 0.25) is 29.5 Å². The zero-order valence-corrected chi connectivity index (χ0v) is 35.0. The van der Waals surface area contributed by atoms with Crippen LogP contribution in [0.3, 0.4) is 0 Å². The van der Waals surface area contributed by atoms with Crippen LogP contribution in [0.4, 0.5) is 5.00 Å². The number of aromatic amines is 1. The number of amides is 5. The van der Waals surface area contributed by atoms with Gasteiger partial charge in [0.15, 0.2) is 0 Å². The predicted molar refractivity (Wildman–Crippen MR) is 225 cm³/mol. The Balaban J connectivity index is 0.876. The first-order valence-electron chi connectivity index (χ1n) is 19.4. The molecule has 18 heteroatoms. The third-order valence-electron chi connectivity index (χ3n) is 10.1. The summed E-state index contributed by atoms with van der Waals surface area (Å²) in [7, 11) is 3.84. The van der Waals surface area contributed by atoms with Gasteiger partial charge in [-0.1, -0.05) is 29.3 Å². The summed E-state index contributed by atoms with van der Waals surface area (Å²) in [5.74, 6) is -0.772. The smallest absolute Gasteiger partial charge is 0.248 e. The molecule has 0 aliphatic carbocycles. The molecular formula is C40H49Cl2N9O6S. The van der Waals surface area contributed by atoms with Crippen LogP contribution in [0, 0.1) is 0 Å². The first-order valence-corrected chi connectivity index (χ1v) is 21.0. The number of halogens is 2. The Bertz CT molecular complexity index is 2180. The van der Waals surface area contributed by atoms with Gasteiger partial charge in [-0.2, -0.15) is 5.10 Å². The van der Waals surface area contributed by atoms with E-state index in [9.17, 15) is 29.1 Å². The number of rotatable bonds is 17. The SMILES string of the molecule is CN(C)C/C=C/C(=O)N1CCN(c2ccc(CCC(=O)NCCCCC(=O)NCCn3ccc(-c4cc(Cl)c(Cl)c5[nH]c6c(c45)CN(C(=O)CO)CC6)n3)s2)C(=O)C1. The van der Waals surface area contributed by atoms with Crippen molar-refractivity contribution in [3.05, 3.63) is 68.8 Å². The molecule has 0 unspecified atom stereocenters. The van der Waals surface area contributed by atoms with Crippen molar-refractivity contribution in [1.82, 2.24) is 40.1 Å². The zero-order valence-electron chi connectivity index (χ0n) is 32.7. The molecule has 6 rings (SSSR count). The molecule has 0 radical (unpaired) electrons. The quantitative estimate of drug-likeness (QED) is 0.0921. The number of fused-ring (bicyclic) bond motifs is 3. The first kappa shape index (κ1) is 42.9. The molecule has 0 spiro atoms. The Morgan fingerprint density at radius 2 is 1.79 bits per heavy atom. The van der Waals surface area contributed by atoms with Crippen LogP contribution in [0.25, 0.3) is 22.2 Å². The molecule has 1 saturated heterocycles. The lowest BCUT2D eigenvalue weighted by Crippen LogP contribution is -2.51. The minimum absolute atomic E-state index is 0.0380. The molecule has 5 amide bonds. The van der Waals surface area contributed by atoms with E-state index >= 15 is 0 Å². The van der Waals surface area contributed by atoms with Crippen molar-refractivity contribution >= 4 is 80.0 Å². The van der Waals surface area contributed by atoms with E-state index in [2.05, 4.69) is 15.6 Å². The monoisotopic (exact) mass is 853 g/mol. The average molecular weight is 855 g/mol. The van der Waals surface area contributed by atoms with E-state index < -0.39 is 6.61 Å². The number of nitrogens with one attached hydrogen (secondary N) is 3. The van der Waals surface area contributed by atoms with Crippen molar-refractivity contribution in [2.75, 3.05) is 71.4 Å². The number of piperazine rings is 1. The van der Waals surface area contributed by atoms with Crippen LogP contribution < -0.4 is 15.5 Å². The molecule has 1 fully saturated rings. The summed E-state index contributed by atoms with van der Waals surface area (Å²) in [6.45, 7) is 3.16. The average Bonchev–Trinajstić information content (AvgIpc) is 3.97. The largest absolute Gasteiger partial charge is 0.387 e. The summed E-state index contributed by atoms with van der Waals surface area (Å²) in [6, 6.07) is 7.48. The molecule has 2 aliphatic heterocycles. The molecule has 0 saturated carbocycles. The van der Waals surface area contributed by atoms with Crippen LogP contribution in [-0.2, 0) is 49.9 Å². The second kappa shape index (κ2) is 19.8. The number of hydrogen-bond acceptors (Lipinski definition) is 9. The lowest BCUT2D eigenvalue weighted by molar-refractivity contribution is -0.135. The van der Waals surface area contributed by atoms with Gasteiger partial charge < -0.3 is 40.3 Å². The number of likely N-dealkylation sites (N-methyl/N-ethyl adjacent to an activating group) is 1. The summed E-state index contributed by atoms with van der Waals surface area (Å²) >= 11 is 14.6. The Kier molecular flexibility index (Phi) is 14.6. The van der Waals surface area contributed by atoms with Crippen molar-refractivity contribution < 1.29 is 29.1 Å². The number of carbonyl (C=O) groups is 5. The molecule has 3 aromatic heterocycles. The lowest BCUT2D eigenvalue weighted by atomic mass is 9.99. The number of aliphatic hydroxyl groups excluding tert-OH is 1. The van der Waals surface area contributed by atoms with Gasteiger partial charge in [0.05, 0.1) is 32.8 Å². The number of carbonyl (C=O) groups excluding carboxylic acids is 5. The van der Waals surface area contributed by atoms with Gasteiger partial charge in [-0.25, -0.2) is 0 Å². The number of nitrogens with zero attached hydrogens (tertiary/aromatic N) is 6. The minimum atomic E-state index is -0.551. The van der Waals surface area contributed by atoms with Crippen molar-refractivity contribution in [2.24, 2.45) is 0 Å². The van der Waals surface area contributed by atoms with Crippen LogP contribution >= 0.6 is 34.5 Å². The topological polar surface area (TPSA) is 176 Å². The number of aromatic nitrogens is 3. The molecule has 0 bridgehead atoms. The molecule has 2 aliphatic rings. The van der Waals surface area contributed by atoms with Gasteiger partial charge in [0.25, 0.3) is 0 Å². The zero-order chi connectivity index (χ0) is 41.3. The van der Waals surface area contributed by atoms with E-state index in [1.807, 2.05) is 43.4 Å². The summed E-state index contributed by atoms with van der Waals surface area (Å²) in [5, 5.41) is 22.4. The molecule has 5 heterocycles. The number of H-pyrrole nitrogens is 1. The normalized spacial score (nSPS) is 14.5. The van der Waals surface area contributed by atoms with E-state index in [1.54, 1.807) is 31.5 Å². The minimum Gasteiger partial charge on any atom is -0.387 e. The van der Waals surface area contributed by atoms with Crippen LogP contribution in [0.15, 0.2) is 42.6 Å². The Morgan fingerprint density at radius 3 is 2.57 bits per heavy atom. The number of benzene rings is 1. The number of anilines is 1. The standard InChI is InChI=1S/C40H49Cl2N9O6S/c1-47(2)16-5-7-34(55)49-20-21-51(35(56)24-49)37-11-9-26(58-37)8-10-33(54)43-14-4-3-6-32(53)44-15-19-50-18-13-31(46-50)27-22-29(41)39(42)40-38(27)28-23-48(36(57)25-52)17-12-30(28)45-40/h5,7,9,11,13,18,22,45,52H,3-4,6,8,10,12,14-17,19-21,23-25H2,1-2H3,(H,43,54)(H,44,53)/b7-5+. The summed E-state index contributed by atoms with van der Waals surface area (Å²) < 4.78 is 1.74. The van der Waals surface area contributed by atoms with Crippen molar-refractivity contribution in [1.29, 1.82) is 0 Å². The fraction of sp³-hybridized carbons (Fsp3) is 0.450. The Labute approximate surface area is 350 Å². The fourth-order valence-electron chi connectivity index (χ4n) is 7.06. The maximum Gasteiger partial charge on any atom is 0.248 e. The molecule has 0 atom stereocenters. The number of thiophene rings is 1. The van der Waals surface area contributed by atoms with Crippen molar-refractivity contribution in [3.8, 4) is 11.3 Å². The van der Waals surface area contributed by atoms with Crippen LogP contribution in [0.5, 0.6) is 0 Å². The third kappa shape index (κ3) is 10.7. The first-order chi connectivity index (χ1) is 27.9. The second-order valence-electron chi connectivity index (χ2n) is 14.6. The Morgan fingerprint density at radius 1 is 1.00 bits per heavy atom. The third-order valence-corrected chi connectivity index (χ3v) is 12.1. The van der Waals surface area contributed by atoms with E-state index in [-0.39, 0.29) is 36.1 Å². The molecule has 15 nitrogen and oxygen atoms in total. The maximum absolute atomic E-state index is 12.8. The molecular weight excluding hydrogens is 805 g/mol. The Hall–Kier alpha value is -4.74. The van der Waals surface area contributed by atoms with Crippen LogP contribution in [0.1, 0.15) is 41.8 Å². The predicted octanol–water partition coefficient (Wildman–Crippen LogP) is 3.61. The van der Waals surface area contributed by atoms with Crippen molar-refractivity contribution in [3.63, 3.8) is 0 Å². The molecule has 4 N–H and O–H groups in total. The van der Waals surface area contributed by atoms with E-state index in [1.165, 1.54) is 17.4 Å². The molecule has 1 aromatic carbocycles. The summed E-state index contributed by atoms with van der Waals surface area (Å²) in [5.41, 5.74) is 4.02. The van der Waals surface area contributed by atoms with Gasteiger partial charge >= 0.3 is 0 Å². The van der Waals surface area contributed by atoms with Gasteiger partial charge in [-0.05, 0) is 57.6 Å². The number of aliphatic hydroxyl groups is 1. The fourth-order valence-corrected chi connectivity index (χ4v) is 8.50. The molecule has 58 heavy (non-hydrogen) atoms. The highest BCUT2D eigenvalue weighted by atomic mass is 35.5. The number of unbranched alkanes of at least 4 members (excludes halogenated alkanes) is 1. The summed E-state index contributed by atoms with van der Waals surface area (Å²) in [4.78, 5) is 73.8. The highest BCUT2D eigenvalue weighted by molar-refractivity contribution is 7.16. The number of hydrogen-bond donors (Lipinski definition) is 4. The summed E-state index contributed by atoms with van der Waals surface area (Å²) in [6.07, 6.45) is 8.23. The van der Waals surface area contributed by atoms with E-state index in [0.717, 1.165) is 32.1 Å². The van der Waals surface area contributed by atoms with E-state index in [4.69, 9.17) is 28.3 Å². The van der Waals surface area contributed by atoms with Crippen LogP contribution in [-0.4, -0.2) is 131 Å². The highest BCUT2D eigenvalue weighted by Gasteiger charge is 2.29. The number of aryl methyl sites for hydroxylation is 1. The molecule has 4 aromatic rings. The maximum atomic E-state index is 12.8. The van der Waals surface area contributed by atoms with Crippen LogP contribution in [0.2, 0.25) is 10.0 Å². The molecule has 310 valence electrons. The second-order valence-corrected chi connectivity index (χ2v) is 16.5. The van der Waals surface area contributed by atoms with Gasteiger partial charge in [0, 0.05) is 104 Å². The van der Waals surface area contributed by atoms with Crippen molar-refractivity contribution in [2.45, 2.75) is 51.6 Å². The van der Waals surface area contributed by atoms with Gasteiger partial charge in [-0.3, -0.25) is 28.7 Å². The highest BCUT2D eigenvalue weighted by Crippen LogP contribution is 2.42. The van der Waals surface area contributed by atoms with Gasteiger partial charge in [0.1, 0.15) is 13.2 Å². The van der Waals surface area contributed by atoms with Gasteiger partial charge in [-0.15, -0.1) is 11.3 Å². The lowest BCUT2D eigenvalue weighted by Gasteiger charge is -2.33.